The zero-order valence-corrected chi connectivity index (χ0v) is 12.2. The third-order valence-electron chi connectivity index (χ3n) is 3.71. The van der Waals surface area contributed by atoms with Crippen LogP contribution in [-0.4, -0.2) is 23.0 Å². The van der Waals surface area contributed by atoms with Crippen LogP contribution in [0.4, 0.5) is 0 Å². The quantitative estimate of drug-likeness (QED) is 0.757. The highest BCUT2D eigenvalue weighted by Crippen LogP contribution is 2.34. The van der Waals surface area contributed by atoms with Gasteiger partial charge in [-0.25, -0.2) is 4.79 Å². The van der Waals surface area contributed by atoms with Gasteiger partial charge in [0.05, 0.1) is 0 Å². The Hall–Kier alpha value is -2.10. The summed E-state index contributed by atoms with van der Waals surface area (Å²) in [6.45, 7) is 2.08. The fourth-order valence-corrected chi connectivity index (χ4v) is 2.30. The van der Waals surface area contributed by atoms with Gasteiger partial charge in [-0.2, -0.15) is 0 Å². The number of carboxylic acid groups (broad SMARTS) is 1. The summed E-state index contributed by atoms with van der Waals surface area (Å²) in [5.74, 6) is -0.312. The molecule has 0 heterocycles. The SMILES string of the molecule is CCC(CC1CC1)NC(=O)c1cccc(C=CC(=O)O)c1. The maximum absolute atomic E-state index is 12.3. The molecule has 112 valence electrons. The third-order valence-corrected chi connectivity index (χ3v) is 3.71. The highest BCUT2D eigenvalue weighted by molar-refractivity contribution is 5.95. The first-order chi connectivity index (χ1) is 10.1. The molecule has 1 amide bonds. The number of hydrogen-bond donors (Lipinski definition) is 2. The van der Waals surface area contributed by atoms with E-state index in [2.05, 4.69) is 12.2 Å². The number of carboxylic acids is 1. The van der Waals surface area contributed by atoms with Gasteiger partial charge in [0, 0.05) is 17.7 Å². The average Bonchev–Trinajstić information content (AvgIpc) is 3.28. The fourth-order valence-electron chi connectivity index (χ4n) is 2.30. The monoisotopic (exact) mass is 287 g/mol. The third kappa shape index (κ3) is 5.06. The van der Waals surface area contributed by atoms with Crippen LogP contribution >= 0.6 is 0 Å². The molecule has 1 saturated carbocycles. The Morgan fingerprint density at radius 3 is 2.81 bits per heavy atom. The summed E-state index contributed by atoms with van der Waals surface area (Å²) in [5.41, 5.74) is 1.28. The molecule has 0 radical (unpaired) electrons. The van der Waals surface area contributed by atoms with Gasteiger partial charge in [0.1, 0.15) is 0 Å². The normalized spacial score (nSPS) is 15.9. The Morgan fingerprint density at radius 2 is 2.19 bits per heavy atom. The number of carbonyl (C=O) groups is 2. The lowest BCUT2D eigenvalue weighted by atomic mass is 10.1. The Labute approximate surface area is 124 Å². The molecule has 1 aromatic carbocycles. The van der Waals surface area contributed by atoms with Crippen LogP contribution in [0.2, 0.25) is 0 Å². The molecule has 1 aliphatic rings. The number of carbonyl (C=O) groups excluding carboxylic acids is 1. The van der Waals surface area contributed by atoms with Crippen LogP contribution in [0.3, 0.4) is 0 Å². The lowest BCUT2D eigenvalue weighted by molar-refractivity contribution is -0.131. The van der Waals surface area contributed by atoms with Gasteiger partial charge < -0.3 is 10.4 Å². The molecule has 0 spiro atoms. The van der Waals surface area contributed by atoms with E-state index in [1.165, 1.54) is 18.9 Å². The second-order valence-electron chi connectivity index (χ2n) is 5.55. The summed E-state index contributed by atoms with van der Waals surface area (Å²) < 4.78 is 0. The van der Waals surface area contributed by atoms with Crippen molar-refractivity contribution in [1.82, 2.24) is 5.32 Å². The van der Waals surface area contributed by atoms with E-state index in [0.29, 0.717) is 11.1 Å². The van der Waals surface area contributed by atoms with E-state index in [1.807, 2.05) is 0 Å². The molecular formula is C17H21NO3. The summed E-state index contributed by atoms with van der Waals surface area (Å²) in [4.78, 5) is 22.8. The standard InChI is InChI=1S/C17H21NO3/c1-2-15(11-13-6-7-13)18-17(21)14-5-3-4-12(10-14)8-9-16(19)20/h3-5,8-10,13,15H,2,6-7,11H2,1H3,(H,18,21)(H,19,20). The molecule has 4 nitrogen and oxygen atoms in total. The van der Waals surface area contributed by atoms with Gasteiger partial charge in [0.15, 0.2) is 0 Å². The van der Waals surface area contributed by atoms with Crippen molar-refractivity contribution in [1.29, 1.82) is 0 Å². The van der Waals surface area contributed by atoms with E-state index < -0.39 is 5.97 Å². The molecule has 4 heteroatoms. The zero-order chi connectivity index (χ0) is 15.2. The van der Waals surface area contributed by atoms with Gasteiger partial charge in [-0.3, -0.25) is 4.79 Å². The van der Waals surface area contributed by atoms with Crippen molar-refractivity contribution in [3.63, 3.8) is 0 Å². The predicted octanol–water partition coefficient (Wildman–Crippen LogP) is 3.09. The average molecular weight is 287 g/mol. The number of rotatable bonds is 7. The van der Waals surface area contributed by atoms with E-state index in [4.69, 9.17) is 5.11 Å². The van der Waals surface area contributed by atoms with Crippen LogP contribution < -0.4 is 5.32 Å². The molecule has 1 aromatic rings. The van der Waals surface area contributed by atoms with Crippen molar-refractivity contribution >= 4 is 18.0 Å². The minimum Gasteiger partial charge on any atom is -0.478 e. The van der Waals surface area contributed by atoms with Crippen molar-refractivity contribution in [2.24, 2.45) is 5.92 Å². The smallest absolute Gasteiger partial charge is 0.328 e. The highest BCUT2D eigenvalue weighted by Gasteiger charge is 2.25. The lowest BCUT2D eigenvalue weighted by Crippen LogP contribution is -2.34. The van der Waals surface area contributed by atoms with Crippen molar-refractivity contribution < 1.29 is 14.7 Å². The highest BCUT2D eigenvalue weighted by atomic mass is 16.4. The number of aliphatic carboxylic acids is 1. The van der Waals surface area contributed by atoms with E-state index in [9.17, 15) is 9.59 Å². The largest absolute Gasteiger partial charge is 0.478 e. The van der Waals surface area contributed by atoms with Crippen LogP contribution in [0.1, 0.15) is 48.5 Å². The first kappa shape index (κ1) is 15.3. The van der Waals surface area contributed by atoms with Crippen molar-refractivity contribution in [2.45, 2.75) is 38.6 Å². The topological polar surface area (TPSA) is 66.4 Å². The summed E-state index contributed by atoms with van der Waals surface area (Å²) in [7, 11) is 0. The first-order valence-electron chi connectivity index (χ1n) is 7.40. The molecule has 0 bridgehead atoms. The van der Waals surface area contributed by atoms with E-state index in [-0.39, 0.29) is 11.9 Å². The molecule has 2 rings (SSSR count). The van der Waals surface area contributed by atoms with Gasteiger partial charge in [-0.1, -0.05) is 31.9 Å². The lowest BCUT2D eigenvalue weighted by Gasteiger charge is -2.16. The van der Waals surface area contributed by atoms with Crippen LogP contribution in [0.25, 0.3) is 6.08 Å². The van der Waals surface area contributed by atoms with Crippen molar-refractivity contribution in [3.05, 3.63) is 41.5 Å². The fraction of sp³-hybridized carbons (Fsp3) is 0.412. The van der Waals surface area contributed by atoms with E-state index in [0.717, 1.165) is 24.8 Å². The first-order valence-corrected chi connectivity index (χ1v) is 7.40. The van der Waals surface area contributed by atoms with Crippen LogP contribution in [0.15, 0.2) is 30.3 Å². The van der Waals surface area contributed by atoms with Gasteiger partial charge >= 0.3 is 5.97 Å². The van der Waals surface area contributed by atoms with E-state index in [1.54, 1.807) is 24.3 Å². The Bertz CT molecular complexity index is 547. The summed E-state index contributed by atoms with van der Waals surface area (Å²) in [6.07, 6.45) is 7.10. The van der Waals surface area contributed by atoms with Gasteiger partial charge in [0.25, 0.3) is 5.91 Å². The maximum atomic E-state index is 12.3. The molecule has 1 fully saturated rings. The van der Waals surface area contributed by atoms with Crippen LogP contribution in [-0.2, 0) is 4.79 Å². The molecule has 0 aliphatic heterocycles. The number of hydrogen-bond acceptors (Lipinski definition) is 2. The van der Waals surface area contributed by atoms with Gasteiger partial charge in [-0.05, 0) is 42.5 Å². The maximum Gasteiger partial charge on any atom is 0.328 e. The Balaban J connectivity index is 2.00. The minimum atomic E-state index is -1.000. The van der Waals surface area contributed by atoms with Crippen molar-refractivity contribution in [2.75, 3.05) is 0 Å². The van der Waals surface area contributed by atoms with Crippen LogP contribution in [0.5, 0.6) is 0 Å². The molecular weight excluding hydrogens is 266 g/mol. The zero-order valence-electron chi connectivity index (χ0n) is 12.2. The predicted molar refractivity (Wildman–Crippen MR) is 82.0 cm³/mol. The number of amides is 1. The van der Waals surface area contributed by atoms with Gasteiger partial charge in [-0.15, -0.1) is 0 Å². The van der Waals surface area contributed by atoms with Crippen molar-refractivity contribution in [3.8, 4) is 0 Å². The summed E-state index contributed by atoms with van der Waals surface area (Å²) >= 11 is 0. The van der Waals surface area contributed by atoms with E-state index >= 15 is 0 Å². The molecule has 1 unspecified atom stereocenters. The summed E-state index contributed by atoms with van der Waals surface area (Å²) in [6, 6.07) is 7.22. The Kier molecular flexibility index (Phi) is 5.14. The molecule has 1 atom stereocenters. The second-order valence-corrected chi connectivity index (χ2v) is 5.55. The molecule has 0 aromatic heterocycles. The minimum absolute atomic E-state index is 0.0897. The second kappa shape index (κ2) is 7.07. The summed E-state index contributed by atoms with van der Waals surface area (Å²) in [5, 5.41) is 11.7. The number of nitrogens with one attached hydrogen (secondary N) is 1. The number of benzene rings is 1. The molecule has 21 heavy (non-hydrogen) atoms. The Morgan fingerprint density at radius 1 is 1.43 bits per heavy atom. The molecule has 2 N–H and O–H groups in total. The molecule has 1 aliphatic carbocycles. The van der Waals surface area contributed by atoms with Gasteiger partial charge in [0.2, 0.25) is 0 Å². The molecule has 0 saturated heterocycles. The van der Waals surface area contributed by atoms with Crippen LogP contribution in [0, 0.1) is 5.92 Å².